The number of amides is 2. The van der Waals surface area contributed by atoms with Crippen LogP contribution in [-0.2, 0) is 39.4 Å². The van der Waals surface area contributed by atoms with E-state index >= 15 is 4.79 Å². The predicted octanol–water partition coefficient (Wildman–Crippen LogP) is 5.06. The monoisotopic (exact) mass is 699 g/mol. The third kappa shape index (κ3) is 5.76. The van der Waals surface area contributed by atoms with Crippen molar-refractivity contribution in [2.75, 3.05) is 30.1 Å². The molecule has 1 N–H and O–H groups in total. The summed E-state index contributed by atoms with van der Waals surface area (Å²) in [5, 5.41) is 19.7. The summed E-state index contributed by atoms with van der Waals surface area (Å²) >= 11 is 6.67. The van der Waals surface area contributed by atoms with Gasteiger partial charge in [-0.1, -0.05) is 66.3 Å². The van der Waals surface area contributed by atoms with Gasteiger partial charge in [0.15, 0.2) is 5.60 Å². The van der Waals surface area contributed by atoms with E-state index in [0.717, 1.165) is 40.5 Å². The summed E-state index contributed by atoms with van der Waals surface area (Å²) in [4.78, 5) is 30.6. The number of aromatic nitrogens is 3. The van der Waals surface area contributed by atoms with E-state index in [2.05, 4.69) is 42.5 Å². The maximum atomic E-state index is 15.0. The van der Waals surface area contributed by atoms with Crippen LogP contribution in [0, 0.1) is 5.92 Å². The Labute approximate surface area is 292 Å². The van der Waals surface area contributed by atoms with Crippen molar-refractivity contribution in [1.82, 2.24) is 15.0 Å². The maximum absolute atomic E-state index is 15.0. The van der Waals surface area contributed by atoms with Crippen LogP contribution in [0.25, 0.3) is 0 Å². The smallest absolute Gasteiger partial charge is 0.264 e. The number of aryl methyl sites for hydroxylation is 1. The van der Waals surface area contributed by atoms with Crippen LogP contribution in [0.1, 0.15) is 36.6 Å². The minimum atomic E-state index is -2.32. The molecule has 0 saturated carbocycles. The fraction of sp³-hybridized carbons (Fsp3) is 0.405. The van der Waals surface area contributed by atoms with Gasteiger partial charge in [0, 0.05) is 60.9 Å². The summed E-state index contributed by atoms with van der Waals surface area (Å²) in [5.41, 5.74) is 3.01. The van der Waals surface area contributed by atoms with Gasteiger partial charge in [0.25, 0.3) is 5.91 Å². The van der Waals surface area contributed by atoms with Gasteiger partial charge in [-0.15, -0.1) is 5.10 Å². The summed E-state index contributed by atoms with van der Waals surface area (Å²) in [6.45, 7) is 8.55. The highest BCUT2D eigenvalue weighted by atomic mass is 35.5. The number of carbonyl (C=O) groups is 2. The second-order valence-corrected chi connectivity index (χ2v) is 19.0. The molecule has 7 rings (SSSR count). The van der Waals surface area contributed by atoms with E-state index in [1.54, 1.807) is 16.7 Å². The number of carbonyl (C=O) groups excluding carboxylic acids is 2. The molecule has 2 fully saturated rings. The average molecular weight is 700 g/mol. The Balaban J connectivity index is 1.25. The largest absolute Gasteiger partial charge is 0.497 e. The number of nitrogens with zero attached hydrogens (tertiary/aromatic N) is 5. The first kappa shape index (κ1) is 33.5. The van der Waals surface area contributed by atoms with Crippen molar-refractivity contribution in [3.05, 3.63) is 94.8 Å². The molecule has 256 valence electrons. The normalized spacial score (nSPS) is 23.3. The Hall–Kier alpha value is -4.03. The van der Waals surface area contributed by atoms with Crippen molar-refractivity contribution < 1.29 is 24.2 Å². The van der Waals surface area contributed by atoms with Crippen LogP contribution >= 0.6 is 11.6 Å². The second kappa shape index (κ2) is 13.0. The minimum absolute atomic E-state index is 0.0109. The molecule has 4 aromatic rings. The molecule has 4 heterocycles. The molecule has 0 radical (unpaired) electrons. The lowest BCUT2D eigenvalue weighted by molar-refractivity contribution is -0.146. The molecular weight excluding hydrogens is 658 g/mol. The van der Waals surface area contributed by atoms with Gasteiger partial charge < -0.3 is 24.4 Å². The Morgan fingerprint density at radius 3 is 2.49 bits per heavy atom. The lowest BCUT2D eigenvalue weighted by Crippen LogP contribution is -2.51. The van der Waals surface area contributed by atoms with E-state index in [-0.39, 0.29) is 36.0 Å². The lowest BCUT2D eigenvalue weighted by Gasteiger charge is -2.37. The molecule has 2 amide bonds. The molecule has 3 aromatic carbocycles. The molecule has 1 spiro atoms. The Morgan fingerprint density at radius 2 is 1.84 bits per heavy atom. The van der Waals surface area contributed by atoms with Crippen molar-refractivity contribution in [2.45, 2.75) is 69.6 Å². The van der Waals surface area contributed by atoms with Crippen molar-refractivity contribution in [3.63, 3.8) is 0 Å². The number of benzene rings is 3. The number of anilines is 2. The minimum Gasteiger partial charge on any atom is -0.497 e. The van der Waals surface area contributed by atoms with Gasteiger partial charge in [-0.25, -0.2) is 0 Å². The summed E-state index contributed by atoms with van der Waals surface area (Å²) < 4.78 is 14.5. The van der Waals surface area contributed by atoms with Crippen LogP contribution in [0.2, 0.25) is 23.7 Å². The van der Waals surface area contributed by atoms with Crippen LogP contribution in [0.4, 0.5) is 11.4 Å². The number of ether oxygens (including phenoxy) is 2. The van der Waals surface area contributed by atoms with Crippen molar-refractivity contribution in [2.24, 2.45) is 5.92 Å². The number of halogens is 1. The Kier molecular flexibility index (Phi) is 8.89. The average Bonchev–Trinajstić information content (AvgIpc) is 3.74. The zero-order chi connectivity index (χ0) is 34.5. The molecule has 4 atom stereocenters. The maximum Gasteiger partial charge on any atom is 0.264 e. The van der Waals surface area contributed by atoms with Gasteiger partial charge in [0.2, 0.25) is 5.91 Å². The topological polar surface area (TPSA) is 110 Å². The molecule has 10 nitrogen and oxygen atoms in total. The van der Waals surface area contributed by atoms with Gasteiger partial charge >= 0.3 is 0 Å². The molecule has 3 aliphatic rings. The van der Waals surface area contributed by atoms with Gasteiger partial charge in [-0.05, 0) is 60.0 Å². The first-order chi connectivity index (χ1) is 23.6. The standard InChI is InChI=1S/C37H42ClN5O5Si/c1-24-35(49(3,4)30-12-10-29(47-2)11-13-30)33(15-18-41-23-27(17-20-44)39-40-41)48-37(24)31-21-26(38)7-14-32(31)43(36(37)46)22-25-5-8-28(9-6-25)42-19-16-34(42)45/h5-14,21,23-24,33,35,44H,15-20,22H2,1-4H3/t24-,33+,35-,37+/m0/s1. The predicted molar refractivity (Wildman–Crippen MR) is 191 cm³/mol. The first-order valence-electron chi connectivity index (χ1n) is 16.9. The fourth-order valence-corrected chi connectivity index (χ4v) is 12.4. The molecule has 0 bridgehead atoms. The number of fused-ring (bicyclic) bond motifs is 2. The third-order valence-corrected chi connectivity index (χ3v) is 15.4. The number of hydrogen-bond acceptors (Lipinski definition) is 7. The van der Waals surface area contributed by atoms with Gasteiger partial charge in [-0.2, -0.15) is 0 Å². The first-order valence-corrected chi connectivity index (χ1v) is 20.4. The van der Waals surface area contributed by atoms with Crippen molar-refractivity contribution >= 4 is 48.1 Å². The van der Waals surface area contributed by atoms with Gasteiger partial charge in [-0.3, -0.25) is 14.3 Å². The molecule has 12 heteroatoms. The number of aliphatic hydroxyl groups is 1. The van der Waals surface area contributed by atoms with E-state index < -0.39 is 13.7 Å². The molecule has 0 unspecified atom stereocenters. The molecule has 3 aliphatic heterocycles. The van der Waals surface area contributed by atoms with Crippen LogP contribution in [0.5, 0.6) is 5.75 Å². The van der Waals surface area contributed by atoms with Crippen LogP contribution in [0.3, 0.4) is 0 Å². The SMILES string of the molecule is COc1ccc([Si](C)(C)[C@@H]2[C@@H](CCn3cc(CCO)nn3)O[C@]3(C(=O)N(Cc4ccc(N5CCC5=O)cc4)c4ccc(Cl)cc43)[C@H]2C)cc1. The molecule has 49 heavy (non-hydrogen) atoms. The van der Waals surface area contributed by atoms with Gasteiger partial charge in [0.05, 0.1) is 39.2 Å². The number of hydrogen-bond donors (Lipinski definition) is 1. The fourth-order valence-electron chi connectivity index (χ4n) is 8.20. The second-order valence-electron chi connectivity index (χ2n) is 13.9. The number of β-lactam (4-membered cyclic amide) rings is 1. The summed E-state index contributed by atoms with van der Waals surface area (Å²) in [5.74, 6) is 0.674. The van der Waals surface area contributed by atoms with E-state index in [9.17, 15) is 9.90 Å². The number of methoxy groups -OCH3 is 1. The summed E-state index contributed by atoms with van der Waals surface area (Å²) in [6, 6.07) is 21.9. The van der Waals surface area contributed by atoms with E-state index in [0.29, 0.717) is 37.4 Å². The highest BCUT2D eigenvalue weighted by molar-refractivity contribution is 6.91. The van der Waals surface area contributed by atoms with Gasteiger partial charge in [0.1, 0.15) is 5.75 Å². The van der Waals surface area contributed by atoms with E-state index in [1.807, 2.05) is 65.7 Å². The highest BCUT2D eigenvalue weighted by Gasteiger charge is 2.66. The molecule has 2 saturated heterocycles. The molecule has 0 aliphatic carbocycles. The van der Waals surface area contributed by atoms with E-state index in [1.165, 1.54) is 5.19 Å². The Morgan fingerprint density at radius 1 is 1.08 bits per heavy atom. The third-order valence-electron chi connectivity index (χ3n) is 10.8. The molecular formula is C37H42ClN5O5Si. The Bertz CT molecular complexity index is 1870. The highest BCUT2D eigenvalue weighted by Crippen LogP contribution is 2.60. The molecule has 1 aromatic heterocycles. The zero-order valence-electron chi connectivity index (χ0n) is 28.3. The quantitative estimate of drug-likeness (QED) is 0.172. The van der Waals surface area contributed by atoms with Crippen LogP contribution in [0.15, 0.2) is 72.9 Å². The lowest BCUT2D eigenvalue weighted by atomic mass is 9.82. The summed E-state index contributed by atoms with van der Waals surface area (Å²) in [7, 11) is -0.655. The zero-order valence-corrected chi connectivity index (χ0v) is 30.1. The summed E-state index contributed by atoms with van der Waals surface area (Å²) in [6.07, 6.45) is 3.26. The van der Waals surface area contributed by atoms with E-state index in [4.69, 9.17) is 21.1 Å². The number of aliphatic hydroxyl groups excluding tert-OH is 1. The van der Waals surface area contributed by atoms with Crippen LogP contribution in [-0.4, -0.2) is 66.4 Å². The van der Waals surface area contributed by atoms with Crippen LogP contribution < -0.4 is 19.7 Å². The van der Waals surface area contributed by atoms with Crippen molar-refractivity contribution in [3.8, 4) is 5.75 Å². The number of rotatable bonds is 11. The van der Waals surface area contributed by atoms with Crippen molar-refractivity contribution in [1.29, 1.82) is 0 Å².